The van der Waals surface area contributed by atoms with Crippen LogP contribution in [0.15, 0.2) is 55.6 Å². The molecule has 23 heavy (non-hydrogen) atoms. The minimum atomic E-state index is -0.601. The first-order valence-electron chi connectivity index (χ1n) is 7.47. The highest BCUT2D eigenvalue weighted by molar-refractivity contribution is 5.86. The fraction of sp³-hybridized carbons (Fsp3) is 0.333. The minimum Gasteiger partial charge on any atom is -0.461 e. The van der Waals surface area contributed by atoms with E-state index in [1.54, 1.807) is 24.1 Å². The van der Waals surface area contributed by atoms with Gasteiger partial charge in [0.2, 0.25) is 5.91 Å². The second-order valence-electron chi connectivity index (χ2n) is 5.13. The summed E-state index contributed by atoms with van der Waals surface area (Å²) in [6.45, 7) is 8.27. The van der Waals surface area contributed by atoms with Crippen LogP contribution in [0.2, 0.25) is 0 Å². The molecule has 1 N–H and O–H groups in total. The fourth-order valence-corrected chi connectivity index (χ4v) is 2.03. The molecular weight excluding hydrogens is 292 g/mol. The van der Waals surface area contributed by atoms with Gasteiger partial charge in [0, 0.05) is 13.1 Å². The molecule has 5 nitrogen and oxygen atoms in total. The van der Waals surface area contributed by atoms with Crippen LogP contribution in [0, 0.1) is 0 Å². The van der Waals surface area contributed by atoms with Gasteiger partial charge in [0.05, 0.1) is 12.5 Å². The Bertz CT molecular complexity index is 528. The number of hydrogen-bond donors (Lipinski definition) is 1. The van der Waals surface area contributed by atoms with Crippen molar-refractivity contribution in [2.24, 2.45) is 0 Å². The molecule has 1 aromatic rings. The van der Waals surface area contributed by atoms with Gasteiger partial charge < -0.3 is 10.1 Å². The monoisotopic (exact) mass is 316 g/mol. The molecule has 1 amide bonds. The Morgan fingerprint density at radius 2 is 1.96 bits per heavy atom. The Kier molecular flexibility index (Phi) is 8.39. The molecule has 0 unspecified atom stereocenters. The molecule has 0 radical (unpaired) electrons. The van der Waals surface area contributed by atoms with Crippen molar-refractivity contribution >= 4 is 11.9 Å². The lowest BCUT2D eigenvalue weighted by Crippen LogP contribution is -2.46. The van der Waals surface area contributed by atoms with Crippen LogP contribution in [0.3, 0.4) is 0 Å². The van der Waals surface area contributed by atoms with E-state index in [0.717, 1.165) is 5.56 Å². The molecule has 0 saturated heterocycles. The molecule has 0 aliphatic carbocycles. The van der Waals surface area contributed by atoms with Gasteiger partial charge in [-0.25, -0.2) is 0 Å². The van der Waals surface area contributed by atoms with Crippen molar-refractivity contribution in [1.82, 2.24) is 10.2 Å². The number of amides is 1. The molecule has 0 heterocycles. The zero-order valence-corrected chi connectivity index (χ0v) is 13.5. The number of esters is 1. The zero-order valence-electron chi connectivity index (χ0n) is 13.5. The van der Waals surface area contributed by atoms with E-state index in [1.807, 2.05) is 30.3 Å². The standard InChI is InChI=1S/C18H24N2O3/c1-4-11-19-18(22)16(20(3)12-5-2)13-17(21)23-14-15-9-7-6-8-10-15/h4-10,16H,1-2,11-14H2,3H3,(H,19,22)/t16-/m1/s1. The number of benzene rings is 1. The maximum atomic E-state index is 12.2. The van der Waals surface area contributed by atoms with Crippen molar-refractivity contribution in [3.05, 3.63) is 61.2 Å². The van der Waals surface area contributed by atoms with E-state index in [0.29, 0.717) is 13.1 Å². The third kappa shape index (κ3) is 6.93. The molecule has 1 atom stereocenters. The van der Waals surface area contributed by atoms with Crippen molar-refractivity contribution < 1.29 is 14.3 Å². The third-order valence-electron chi connectivity index (χ3n) is 3.28. The first kappa shape index (κ1) is 18.6. The van der Waals surface area contributed by atoms with Crippen molar-refractivity contribution in [1.29, 1.82) is 0 Å². The lowest BCUT2D eigenvalue weighted by Gasteiger charge is -2.25. The molecule has 5 heteroatoms. The highest BCUT2D eigenvalue weighted by Gasteiger charge is 2.25. The first-order valence-corrected chi connectivity index (χ1v) is 7.47. The van der Waals surface area contributed by atoms with Gasteiger partial charge >= 0.3 is 5.97 Å². The highest BCUT2D eigenvalue weighted by atomic mass is 16.5. The van der Waals surface area contributed by atoms with Gasteiger partial charge in [0.15, 0.2) is 0 Å². The van der Waals surface area contributed by atoms with E-state index in [1.165, 1.54) is 0 Å². The Labute approximate surface area is 137 Å². The van der Waals surface area contributed by atoms with Gasteiger partial charge in [0.1, 0.15) is 6.61 Å². The average Bonchev–Trinajstić information content (AvgIpc) is 2.56. The minimum absolute atomic E-state index is 0.0137. The van der Waals surface area contributed by atoms with E-state index in [-0.39, 0.29) is 18.9 Å². The van der Waals surface area contributed by atoms with Gasteiger partial charge in [0.25, 0.3) is 0 Å². The first-order chi connectivity index (χ1) is 11.1. The lowest BCUT2D eigenvalue weighted by molar-refractivity contribution is -0.148. The molecular formula is C18H24N2O3. The molecule has 0 aromatic heterocycles. The number of nitrogens with one attached hydrogen (secondary N) is 1. The maximum Gasteiger partial charge on any atom is 0.308 e. The molecule has 0 spiro atoms. The third-order valence-corrected chi connectivity index (χ3v) is 3.28. The van der Waals surface area contributed by atoms with Gasteiger partial charge in [-0.2, -0.15) is 0 Å². The molecule has 1 aromatic carbocycles. The average molecular weight is 316 g/mol. The summed E-state index contributed by atoms with van der Waals surface area (Å²) in [4.78, 5) is 26.0. The highest BCUT2D eigenvalue weighted by Crippen LogP contribution is 2.07. The molecule has 124 valence electrons. The van der Waals surface area contributed by atoms with Crippen LogP contribution in [0.25, 0.3) is 0 Å². The predicted octanol–water partition coefficient (Wildman–Crippen LogP) is 1.91. The molecule has 0 fully saturated rings. The van der Waals surface area contributed by atoms with Gasteiger partial charge in [-0.3, -0.25) is 14.5 Å². The molecule has 0 aliphatic rings. The van der Waals surface area contributed by atoms with Crippen LogP contribution < -0.4 is 5.32 Å². The van der Waals surface area contributed by atoms with Crippen LogP contribution in [0.5, 0.6) is 0 Å². The summed E-state index contributed by atoms with van der Waals surface area (Å²) in [5, 5.41) is 2.71. The molecule has 1 rings (SSSR count). The summed E-state index contributed by atoms with van der Waals surface area (Å²) in [5.41, 5.74) is 0.910. The summed E-state index contributed by atoms with van der Waals surface area (Å²) < 4.78 is 5.25. The van der Waals surface area contributed by atoms with E-state index in [4.69, 9.17) is 4.74 Å². The van der Waals surface area contributed by atoms with Crippen LogP contribution in [0.1, 0.15) is 12.0 Å². The SMILES string of the molecule is C=CCNC(=O)[C@@H](CC(=O)OCc1ccccc1)N(C)CC=C. The predicted molar refractivity (Wildman–Crippen MR) is 90.7 cm³/mol. The largest absolute Gasteiger partial charge is 0.461 e. The Balaban J connectivity index is 2.59. The fourth-order valence-electron chi connectivity index (χ4n) is 2.03. The van der Waals surface area contributed by atoms with Gasteiger partial charge in [-0.1, -0.05) is 42.5 Å². The lowest BCUT2D eigenvalue weighted by atomic mass is 10.1. The maximum absolute atomic E-state index is 12.2. The van der Waals surface area contributed by atoms with Crippen LogP contribution in [-0.2, 0) is 20.9 Å². The topological polar surface area (TPSA) is 58.6 Å². The van der Waals surface area contributed by atoms with Crippen LogP contribution in [-0.4, -0.2) is 43.0 Å². The van der Waals surface area contributed by atoms with Gasteiger partial charge in [-0.05, 0) is 12.6 Å². The smallest absolute Gasteiger partial charge is 0.308 e. The molecule has 0 bridgehead atoms. The second kappa shape index (κ2) is 10.3. The van der Waals surface area contributed by atoms with E-state index in [2.05, 4.69) is 18.5 Å². The number of carbonyl (C=O) groups excluding carboxylic acids is 2. The van der Waals surface area contributed by atoms with Gasteiger partial charge in [-0.15, -0.1) is 13.2 Å². The van der Waals surface area contributed by atoms with E-state index in [9.17, 15) is 9.59 Å². The zero-order chi connectivity index (χ0) is 17.1. The molecule has 0 saturated carbocycles. The second-order valence-corrected chi connectivity index (χ2v) is 5.13. The number of likely N-dealkylation sites (N-methyl/N-ethyl adjacent to an activating group) is 1. The van der Waals surface area contributed by atoms with Crippen LogP contribution in [0.4, 0.5) is 0 Å². The van der Waals surface area contributed by atoms with E-state index < -0.39 is 12.0 Å². The number of hydrogen-bond acceptors (Lipinski definition) is 4. The van der Waals surface area contributed by atoms with Crippen molar-refractivity contribution in [3.63, 3.8) is 0 Å². The summed E-state index contributed by atoms with van der Waals surface area (Å²) in [7, 11) is 1.77. The summed E-state index contributed by atoms with van der Waals surface area (Å²) in [5.74, 6) is -0.644. The summed E-state index contributed by atoms with van der Waals surface area (Å²) >= 11 is 0. The number of rotatable bonds is 10. The van der Waals surface area contributed by atoms with E-state index >= 15 is 0 Å². The summed E-state index contributed by atoms with van der Waals surface area (Å²) in [6, 6.07) is 8.82. The van der Waals surface area contributed by atoms with Crippen molar-refractivity contribution in [3.8, 4) is 0 Å². The van der Waals surface area contributed by atoms with Crippen molar-refractivity contribution in [2.45, 2.75) is 19.1 Å². The van der Waals surface area contributed by atoms with Crippen molar-refractivity contribution in [2.75, 3.05) is 20.1 Å². The Morgan fingerprint density at radius 1 is 1.26 bits per heavy atom. The summed E-state index contributed by atoms with van der Waals surface area (Å²) in [6.07, 6.45) is 3.26. The normalized spacial score (nSPS) is 11.6. The Morgan fingerprint density at radius 3 is 2.57 bits per heavy atom. The number of ether oxygens (including phenoxy) is 1. The van der Waals surface area contributed by atoms with Crippen LogP contribution >= 0.6 is 0 Å². The number of nitrogens with zero attached hydrogens (tertiary/aromatic N) is 1. The quantitative estimate of drug-likeness (QED) is 0.529. The molecule has 0 aliphatic heterocycles. The number of carbonyl (C=O) groups is 2. The Hall–Kier alpha value is -2.40.